The minimum absolute atomic E-state index is 0.125. The fourth-order valence-corrected chi connectivity index (χ4v) is 4.28. The molecule has 0 fully saturated rings. The topological polar surface area (TPSA) is 79.3 Å². The van der Waals surface area contributed by atoms with Crippen LogP contribution < -0.4 is 5.32 Å². The maximum Gasteiger partial charge on any atom is 0.309 e. The number of thiazole rings is 1. The molecule has 0 spiro atoms. The Morgan fingerprint density at radius 2 is 2.05 bits per heavy atom. The molecule has 5 nitrogen and oxygen atoms in total. The summed E-state index contributed by atoms with van der Waals surface area (Å²) in [5.74, 6) is -1.07. The van der Waals surface area contributed by atoms with Gasteiger partial charge >= 0.3 is 5.97 Å². The van der Waals surface area contributed by atoms with Gasteiger partial charge in [0.15, 0.2) is 5.13 Å². The van der Waals surface area contributed by atoms with Gasteiger partial charge in [-0.2, -0.15) is 0 Å². The summed E-state index contributed by atoms with van der Waals surface area (Å²) in [4.78, 5) is 28.4. The van der Waals surface area contributed by atoms with Crippen molar-refractivity contribution in [1.29, 1.82) is 0 Å². The van der Waals surface area contributed by atoms with Gasteiger partial charge in [0.05, 0.1) is 17.7 Å². The molecule has 0 saturated heterocycles. The van der Waals surface area contributed by atoms with Gasteiger partial charge in [0.1, 0.15) is 0 Å². The van der Waals surface area contributed by atoms with E-state index >= 15 is 0 Å². The number of carbonyl (C=O) groups is 2. The van der Waals surface area contributed by atoms with Gasteiger partial charge in [0.25, 0.3) is 5.91 Å². The Kier molecular flexibility index (Phi) is 4.03. The van der Waals surface area contributed by atoms with Gasteiger partial charge in [-0.1, -0.05) is 0 Å². The van der Waals surface area contributed by atoms with Gasteiger partial charge in [-0.05, 0) is 31.2 Å². The second-order valence-corrected chi connectivity index (χ2v) is 6.75. The third kappa shape index (κ3) is 3.14. The van der Waals surface area contributed by atoms with E-state index in [-0.39, 0.29) is 12.3 Å². The Morgan fingerprint density at radius 3 is 2.86 bits per heavy atom. The van der Waals surface area contributed by atoms with E-state index in [1.54, 1.807) is 16.7 Å². The molecule has 2 aromatic heterocycles. The van der Waals surface area contributed by atoms with Crippen LogP contribution in [0.2, 0.25) is 0 Å². The second-order valence-electron chi connectivity index (χ2n) is 4.93. The summed E-state index contributed by atoms with van der Waals surface area (Å²) < 4.78 is 0. The van der Waals surface area contributed by atoms with Crippen molar-refractivity contribution in [2.24, 2.45) is 0 Å². The van der Waals surface area contributed by atoms with Crippen LogP contribution in [0.25, 0.3) is 0 Å². The first-order valence-electron chi connectivity index (χ1n) is 6.70. The summed E-state index contributed by atoms with van der Waals surface area (Å²) in [7, 11) is 0. The number of aromatic nitrogens is 1. The van der Waals surface area contributed by atoms with Crippen LogP contribution in [0.5, 0.6) is 0 Å². The Balaban J connectivity index is 1.73. The molecule has 0 saturated carbocycles. The first-order valence-corrected chi connectivity index (χ1v) is 8.46. The fourth-order valence-electron chi connectivity index (χ4n) is 2.45. The van der Waals surface area contributed by atoms with Gasteiger partial charge in [-0.3, -0.25) is 14.9 Å². The highest BCUT2D eigenvalue weighted by atomic mass is 32.1. The number of amides is 1. The van der Waals surface area contributed by atoms with Crippen LogP contribution in [0.3, 0.4) is 0 Å². The normalized spacial score (nSPS) is 13.7. The van der Waals surface area contributed by atoms with Crippen molar-refractivity contribution >= 4 is 39.7 Å². The van der Waals surface area contributed by atoms with E-state index in [1.807, 2.05) is 5.38 Å². The van der Waals surface area contributed by atoms with Crippen molar-refractivity contribution < 1.29 is 14.7 Å². The number of nitrogens with one attached hydrogen (secondary N) is 1. The summed E-state index contributed by atoms with van der Waals surface area (Å²) in [6, 6.07) is 0. The molecule has 21 heavy (non-hydrogen) atoms. The molecule has 0 bridgehead atoms. The number of thiophene rings is 1. The molecular formula is C14H14N2O3S2. The third-order valence-electron chi connectivity index (χ3n) is 3.41. The number of carbonyl (C=O) groups excluding carboxylic acids is 1. The highest BCUT2D eigenvalue weighted by Crippen LogP contribution is 2.30. The summed E-state index contributed by atoms with van der Waals surface area (Å²) >= 11 is 2.90. The number of carboxylic acids is 1. The summed E-state index contributed by atoms with van der Waals surface area (Å²) in [5, 5.41) is 15.5. The van der Waals surface area contributed by atoms with Crippen LogP contribution in [0.15, 0.2) is 10.8 Å². The molecule has 0 radical (unpaired) electrons. The second kappa shape index (κ2) is 5.95. The van der Waals surface area contributed by atoms with Gasteiger partial charge < -0.3 is 5.11 Å². The number of nitrogens with zero attached hydrogens (tertiary/aromatic N) is 1. The highest BCUT2D eigenvalue weighted by molar-refractivity contribution is 7.14. The minimum atomic E-state index is -0.926. The Bertz CT molecular complexity index is 690. The zero-order chi connectivity index (χ0) is 14.8. The van der Waals surface area contributed by atoms with Crippen LogP contribution in [-0.2, 0) is 24.1 Å². The zero-order valence-electron chi connectivity index (χ0n) is 11.2. The van der Waals surface area contributed by atoms with Gasteiger partial charge in [-0.15, -0.1) is 22.7 Å². The van der Waals surface area contributed by atoms with E-state index in [9.17, 15) is 9.59 Å². The number of anilines is 1. The average Bonchev–Trinajstić information content (AvgIpc) is 3.04. The number of carboxylic acid groups (broad SMARTS) is 1. The molecule has 1 amide bonds. The van der Waals surface area contributed by atoms with Crippen molar-refractivity contribution in [1.82, 2.24) is 4.98 Å². The van der Waals surface area contributed by atoms with E-state index in [0.29, 0.717) is 10.8 Å². The average molecular weight is 322 g/mol. The largest absolute Gasteiger partial charge is 0.481 e. The number of aryl methyl sites for hydroxylation is 1. The molecule has 2 heterocycles. The minimum Gasteiger partial charge on any atom is -0.481 e. The lowest BCUT2D eigenvalue weighted by Crippen LogP contribution is -2.14. The van der Waals surface area contributed by atoms with E-state index in [4.69, 9.17) is 5.11 Å². The van der Waals surface area contributed by atoms with Crippen molar-refractivity contribution in [3.63, 3.8) is 0 Å². The Hall–Kier alpha value is -1.73. The molecule has 0 aliphatic heterocycles. The van der Waals surface area contributed by atoms with E-state index in [2.05, 4.69) is 10.3 Å². The highest BCUT2D eigenvalue weighted by Gasteiger charge is 2.20. The number of hydrogen-bond acceptors (Lipinski definition) is 5. The molecule has 1 aliphatic carbocycles. The van der Waals surface area contributed by atoms with E-state index < -0.39 is 5.97 Å². The van der Waals surface area contributed by atoms with Crippen molar-refractivity contribution in [3.8, 4) is 0 Å². The maximum atomic E-state index is 12.3. The molecule has 110 valence electrons. The first-order chi connectivity index (χ1) is 10.1. The van der Waals surface area contributed by atoms with Crippen LogP contribution in [0.4, 0.5) is 5.13 Å². The number of fused-ring (bicyclic) bond motifs is 1. The number of aliphatic carboxylic acids is 1. The van der Waals surface area contributed by atoms with Gasteiger partial charge in [0.2, 0.25) is 0 Å². The molecule has 0 unspecified atom stereocenters. The van der Waals surface area contributed by atoms with Crippen LogP contribution in [-0.4, -0.2) is 22.0 Å². The van der Waals surface area contributed by atoms with E-state index in [1.165, 1.54) is 28.2 Å². The molecule has 0 aromatic carbocycles. The Morgan fingerprint density at radius 1 is 1.24 bits per heavy atom. The lowest BCUT2D eigenvalue weighted by molar-refractivity contribution is -0.136. The molecule has 2 N–H and O–H groups in total. The van der Waals surface area contributed by atoms with Crippen molar-refractivity contribution in [2.75, 3.05) is 5.32 Å². The predicted molar refractivity (Wildman–Crippen MR) is 82.4 cm³/mol. The zero-order valence-corrected chi connectivity index (χ0v) is 12.9. The SMILES string of the molecule is O=C(O)Cc1csc(NC(=O)c2csc3c2CCCC3)n1. The quantitative estimate of drug-likeness (QED) is 0.907. The molecule has 1 aliphatic rings. The molecule has 0 atom stereocenters. The molecular weight excluding hydrogens is 308 g/mol. The van der Waals surface area contributed by atoms with Crippen molar-refractivity contribution in [2.45, 2.75) is 32.1 Å². The standard InChI is InChI=1S/C14H14N2O3S2/c17-12(18)5-8-6-21-14(15-8)16-13(19)10-7-20-11-4-2-1-3-9(10)11/h6-7H,1-5H2,(H,17,18)(H,15,16,19). The lowest BCUT2D eigenvalue weighted by atomic mass is 9.96. The number of rotatable bonds is 4. The molecule has 7 heteroatoms. The predicted octanol–water partition coefficient (Wildman–Crippen LogP) is 2.96. The first kappa shape index (κ1) is 14.2. The summed E-state index contributed by atoms with van der Waals surface area (Å²) in [5.41, 5.74) is 2.38. The number of hydrogen-bond donors (Lipinski definition) is 2. The molecule has 3 rings (SSSR count). The van der Waals surface area contributed by atoms with E-state index in [0.717, 1.165) is 24.8 Å². The van der Waals surface area contributed by atoms with Crippen LogP contribution in [0.1, 0.15) is 39.3 Å². The fraction of sp³-hybridized carbons (Fsp3) is 0.357. The van der Waals surface area contributed by atoms with Gasteiger partial charge in [0, 0.05) is 15.6 Å². The molecule has 2 aromatic rings. The van der Waals surface area contributed by atoms with Crippen molar-refractivity contribution in [3.05, 3.63) is 32.5 Å². The maximum absolute atomic E-state index is 12.3. The van der Waals surface area contributed by atoms with Crippen LogP contribution >= 0.6 is 22.7 Å². The third-order valence-corrected chi connectivity index (χ3v) is 5.31. The van der Waals surface area contributed by atoms with Gasteiger partial charge in [-0.25, -0.2) is 4.98 Å². The Labute approximate surface area is 129 Å². The lowest BCUT2D eigenvalue weighted by Gasteiger charge is -2.12. The van der Waals surface area contributed by atoms with Crippen LogP contribution in [0, 0.1) is 0 Å². The monoisotopic (exact) mass is 322 g/mol. The smallest absolute Gasteiger partial charge is 0.309 e. The summed E-state index contributed by atoms with van der Waals surface area (Å²) in [6.07, 6.45) is 4.22. The summed E-state index contributed by atoms with van der Waals surface area (Å²) in [6.45, 7) is 0.